The maximum absolute atomic E-state index is 13.0. The monoisotopic (exact) mass is 250 g/mol. The molecule has 0 bridgehead atoms. The summed E-state index contributed by atoms with van der Waals surface area (Å²) in [7, 11) is 0. The molecule has 1 aliphatic heterocycles. The van der Waals surface area contributed by atoms with Crippen molar-refractivity contribution in [3.05, 3.63) is 28.8 Å². The van der Waals surface area contributed by atoms with Gasteiger partial charge in [-0.2, -0.15) is 0 Å². The summed E-state index contributed by atoms with van der Waals surface area (Å²) in [4.78, 5) is 15.9. The number of amides is 1. The minimum atomic E-state index is -2.84. The van der Waals surface area contributed by atoms with Crippen LogP contribution in [0.5, 0.6) is 0 Å². The van der Waals surface area contributed by atoms with Gasteiger partial charge in [0.25, 0.3) is 11.8 Å². The average molecular weight is 251 g/mol. The zero-order valence-electron chi connectivity index (χ0n) is 7.88. The van der Waals surface area contributed by atoms with E-state index >= 15 is 0 Å². The highest BCUT2D eigenvalue weighted by molar-refractivity contribution is 6.29. The number of nitrogens with zero attached hydrogens (tertiary/aromatic N) is 2. The lowest BCUT2D eigenvalue weighted by Crippen LogP contribution is -2.58. The molecule has 2 rings (SSSR count). The van der Waals surface area contributed by atoms with Crippen LogP contribution in [0.15, 0.2) is 12.3 Å². The van der Waals surface area contributed by atoms with Gasteiger partial charge >= 0.3 is 0 Å². The molecule has 2 heterocycles. The first kappa shape index (κ1) is 11.2. The molecule has 0 saturated carbocycles. The van der Waals surface area contributed by atoms with E-state index in [1.54, 1.807) is 0 Å². The van der Waals surface area contributed by atoms with Gasteiger partial charge in [-0.15, -0.1) is 0 Å². The zero-order valence-corrected chi connectivity index (χ0v) is 8.64. The first-order chi connectivity index (χ1) is 7.39. The van der Waals surface area contributed by atoms with Gasteiger partial charge in [-0.05, 0) is 6.07 Å². The molecule has 0 atom stereocenters. The molecule has 0 unspecified atom stereocenters. The number of hydrogen-bond acceptors (Lipinski definition) is 2. The van der Waals surface area contributed by atoms with Crippen LogP contribution in [0.4, 0.5) is 13.2 Å². The van der Waals surface area contributed by atoms with Crippen LogP contribution < -0.4 is 0 Å². The van der Waals surface area contributed by atoms with Crippen LogP contribution in [0.1, 0.15) is 10.4 Å². The summed E-state index contributed by atoms with van der Waals surface area (Å²) in [6.45, 7) is -1.29. The summed E-state index contributed by atoms with van der Waals surface area (Å²) in [6, 6.07) is 0.883. The Balaban J connectivity index is 2.13. The van der Waals surface area contributed by atoms with Crippen molar-refractivity contribution in [2.24, 2.45) is 0 Å². The van der Waals surface area contributed by atoms with Crippen LogP contribution in [-0.4, -0.2) is 34.8 Å². The van der Waals surface area contributed by atoms with E-state index in [9.17, 15) is 18.0 Å². The smallest absolute Gasteiger partial charge is 0.282 e. The lowest BCUT2D eigenvalue weighted by molar-refractivity contribution is -0.113. The van der Waals surface area contributed by atoms with Crippen molar-refractivity contribution in [1.29, 1.82) is 0 Å². The number of rotatable bonds is 1. The summed E-state index contributed by atoms with van der Waals surface area (Å²) in [5, 5.41) is -0.356. The molecule has 1 aliphatic rings. The minimum Gasteiger partial charge on any atom is -0.326 e. The van der Waals surface area contributed by atoms with Crippen molar-refractivity contribution < 1.29 is 18.0 Å². The van der Waals surface area contributed by atoms with Gasteiger partial charge in [0.1, 0.15) is 0 Å². The van der Waals surface area contributed by atoms with E-state index in [0.29, 0.717) is 0 Å². The third-order valence-electron chi connectivity index (χ3n) is 2.17. The fraction of sp³-hybridized carbons (Fsp3) is 0.333. The summed E-state index contributed by atoms with van der Waals surface area (Å²) < 4.78 is 38.0. The van der Waals surface area contributed by atoms with Crippen LogP contribution in [0.25, 0.3) is 0 Å². The first-order valence-electron chi connectivity index (χ1n) is 4.37. The normalized spacial score (nSPS) is 18.1. The second-order valence-electron chi connectivity index (χ2n) is 3.51. The number of hydrogen-bond donors (Lipinski definition) is 0. The highest BCUT2D eigenvalue weighted by Gasteiger charge is 2.46. The quantitative estimate of drug-likeness (QED) is 0.714. The lowest BCUT2D eigenvalue weighted by atomic mass is 10.1. The highest BCUT2D eigenvalue weighted by atomic mass is 35.5. The third kappa shape index (κ3) is 1.97. The number of carbonyl (C=O) groups excluding carboxylic acids is 1. The molecule has 0 radical (unpaired) electrons. The Morgan fingerprint density at radius 2 is 2.12 bits per heavy atom. The minimum absolute atomic E-state index is 0.0857. The molecule has 1 aromatic rings. The molecule has 3 nitrogen and oxygen atoms in total. The van der Waals surface area contributed by atoms with E-state index in [2.05, 4.69) is 4.98 Å². The predicted molar refractivity (Wildman–Crippen MR) is 50.1 cm³/mol. The third-order valence-corrected chi connectivity index (χ3v) is 2.45. The summed E-state index contributed by atoms with van der Waals surface area (Å²) >= 11 is 5.33. The Hall–Kier alpha value is -1.30. The molecule has 1 saturated heterocycles. The van der Waals surface area contributed by atoms with Crippen LogP contribution in [0.3, 0.4) is 0 Å². The van der Waals surface area contributed by atoms with E-state index in [-0.39, 0.29) is 10.7 Å². The van der Waals surface area contributed by atoms with Crippen molar-refractivity contribution in [1.82, 2.24) is 9.88 Å². The maximum Gasteiger partial charge on any atom is 0.282 e. The van der Waals surface area contributed by atoms with Crippen LogP contribution in [0.2, 0.25) is 5.15 Å². The molecule has 1 fully saturated rings. The molecule has 1 amide bonds. The van der Waals surface area contributed by atoms with Gasteiger partial charge < -0.3 is 4.90 Å². The van der Waals surface area contributed by atoms with E-state index in [1.165, 1.54) is 0 Å². The van der Waals surface area contributed by atoms with Gasteiger partial charge in [0, 0.05) is 6.20 Å². The second-order valence-corrected chi connectivity index (χ2v) is 3.87. The second kappa shape index (κ2) is 3.62. The molecule has 1 aromatic heterocycles. The fourth-order valence-electron chi connectivity index (χ4n) is 1.38. The van der Waals surface area contributed by atoms with Gasteiger partial charge in [-0.3, -0.25) is 4.79 Å². The molecule has 0 N–H and O–H groups in total. The van der Waals surface area contributed by atoms with Crippen LogP contribution in [0, 0.1) is 5.82 Å². The van der Waals surface area contributed by atoms with Crippen molar-refractivity contribution in [3.63, 3.8) is 0 Å². The van der Waals surface area contributed by atoms with Crippen molar-refractivity contribution in [3.8, 4) is 0 Å². The van der Waals surface area contributed by atoms with Gasteiger partial charge in [-0.25, -0.2) is 18.2 Å². The Kier molecular flexibility index (Phi) is 2.53. The molecule has 7 heteroatoms. The number of pyridine rings is 1. The zero-order chi connectivity index (χ0) is 11.9. The number of carbonyl (C=O) groups is 1. The SMILES string of the molecule is O=C(c1cnc(Cl)c(F)c1)N1CC(F)(F)C1. The average Bonchev–Trinajstić information content (AvgIpc) is 2.17. The van der Waals surface area contributed by atoms with Gasteiger partial charge in [0.15, 0.2) is 11.0 Å². The highest BCUT2D eigenvalue weighted by Crippen LogP contribution is 2.28. The van der Waals surface area contributed by atoms with Crippen LogP contribution in [-0.2, 0) is 0 Å². The Morgan fingerprint density at radius 3 is 2.62 bits per heavy atom. The van der Waals surface area contributed by atoms with Gasteiger partial charge in [0.05, 0.1) is 18.7 Å². The van der Waals surface area contributed by atoms with Crippen LogP contribution >= 0.6 is 11.6 Å². The largest absolute Gasteiger partial charge is 0.326 e. The lowest BCUT2D eigenvalue weighted by Gasteiger charge is -2.38. The number of aromatic nitrogens is 1. The number of likely N-dealkylation sites (tertiary alicyclic amines) is 1. The molecule has 16 heavy (non-hydrogen) atoms. The number of halogens is 4. The molecular weight excluding hydrogens is 245 g/mol. The summed E-state index contributed by atoms with van der Waals surface area (Å²) in [6.07, 6.45) is 1.06. The molecular formula is C9H6ClF3N2O. The number of alkyl halides is 2. The topological polar surface area (TPSA) is 33.2 Å². The van der Waals surface area contributed by atoms with Crippen molar-refractivity contribution in [2.45, 2.75) is 5.92 Å². The first-order valence-corrected chi connectivity index (χ1v) is 4.75. The summed E-state index contributed by atoms with van der Waals surface area (Å²) in [5.74, 6) is -4.36. The Morgan fingerprint density at radius 1 is 1.50 bits per heavy atom. The van der Waals surface area contributed by atoms with E-state index < -0.39 is 30.7 Å². The van der Waals surface area contributed by atoms with Gasteiger partial charge in [0.2, 0.25) is 0 Å². The molecule has 0 spiro atoms. The predicted octanol–water partition coefficient (Wildman–Crippen LogP) is 1.97. The van der Waals surface area contributed by atoms with Crippen molar-refractivity contribution >= 4 is 17.5 Å². The summed E-state index contributed by atoms with van der Waals surface area (Å²) in [5.41, 5.74) is -0.0857. The fourth-order valence-corrected chi connectivity index (χ4v) is 1.48. The standard InChI is InChI=1S/C9H6ClF3N2O/c10-7-6(11)1-5(2-14-7)8(16)15-3-9(12,13)4-15/h1-2H,3-4H2. The van der Waals surface area contributed by atoms with Crippen molar-refractivity contribution in [2.75, 3.05) is 13.1 Å². The maximum atomic E-state index is 13.0. The van der Waals surface area contributed by atoms with E-state index in [4.69, 9.17) is 11.6 Å². The Bertz CT molecular complexity index is 444. The molecule has 0 aromatic carbocycles. The van der Waals surface area contributed by atoms with E-state index in [0.717, 1.165) is 17.2 Å². The van der Waals surface area contributed by atoms with E-state index in [1.807, 2.05) is 0 Å². The molecule has 0 aliphatic carbocycles. The Labute approximate surface area is 93.8 Å². The molecule has 86 valence electrons. The van der Waals surface area contributed by atoms with Gasteiger partial charge in [-0.1, -0.05) is 11.6 Å².